The van der Waals surface area contributed by atoms with E-state index in [0.717, 1.165) is 6.54 Å². The van der Waals surface area contributed by atoms with Crippen molar-refractivity contribution in [2.45, 2.75) is 25.9 Å². The molecule has 1 fully saturated rings. The lowest BCUT2D eigenvalue weighted by Crippen LogP contribution is -2.54. The summed E-state index contributed by atoms with van der Waals surface area (Å²) in [6.45, 7) is 5.58. The summed E-state index contributed by atoms with van der Waals surface area (Å²) in [6.07, 6.45) is 0. The Hall–Kier alpha value is -2.13. The molecule has 1 saturated heterocycles. The molecule has 2 unspecified atom stereocenters. The van der Waals surface area contributed by atoms with Gasteiger partial charge in [-0.2, -0.15) is 5.26 Å². The first-order chi connectivity index (χ1) is 9.02. The minimum Gasteiger partial charge on any atom is -0.360 e. The number of piperazine rings is 1. The smallest absolute Gasteiger partial charge is 0.293 e. The molecular weight excluding hydrogens is 244 g/mol. The second-order valence-corrected chi connectivity index (χ2v) is 4.88. The Kier molecular flexibility index (Phi) is 3.67. The van der Waals surface area contributed by atoms with Crippen LogP contribution in [0.25, 0.3) is 0 Å². The van der Waals surface area contributed by atoms with Gasteiger partial charge in [0.1, 0.15) is 5.69 Å². The molecule has 0 radical (unpaired) electrons. The van der Waals surface area contributed by atoms with Crippen molar-refractivity contribution in [3.63, 3.8) is 0 Å². The maximum absolute atomic E-state index is 11.2. The van der Waals surface area contributed by atoms with Crippen molar-refractivity contribution in [1.82, 2.24) is 5.32 Å². The zero-order valence-corrected chi connectivity index (χ0v) is 11.0. The van der Waals surface area contributed by atoms with Crippen LogP contribution >= 0.6 is 0 Å². The van der Waals surface area contributed by atoms with Crippen molar-refractivity contribution >= 4 is 11.4 Å². The Morgan fingerprint density at radius 2 is 2.26 bits per heavy atom. The van der Waals surface area contributed by atoms with Gasteiger partial charge in [0.05, 0.1) is 16.6 Å². The van der Waals surface area contributed by atoms with E-state index in [2.05, 4.69) is 5.32 Å². The fraction of sp³-hybridized carbons (Fsp3) is 0.462. The lowest BCUT2D eigenvalue weighted by Gasteiger charge is -2.38. The predicted molar refractivity (Wildman–Crippen MR) is 72.1 cm³/mol. The molecule has 6 heteroatoms. The zero-order chi connectivity index (χ0) is 14.0. The van der Waals surface area contributed by atoms with E-state index in [1.165, 1.54) is 6.07 Å². The maximum atomic E-state index is 11.2. The van der Waals surface area contributed by atoms with Gasteiger partial charge in [0.15, 0.2) is 0 Å². The molecule has 0 amide bonds. The molecule has 1 aliphatic heterocycles. The molecule has 1 N–H and O–H groups in total. The monoisotopic (exact) mass is 260 g/mol. The van der Waals surface area contributed by atoms with Gasteiger partial charge in [-0.05, 0) is 26.0 Å². The van der Waals surface area contributed by atoms with Gasteiger partial charge in [-0.1, -0.05) is 0 Å². The third kappa shape index (κ3) is 2.66. The van der Waals surface area contributed by atoms with Crippen LogP contribution in [0.4, 0.5) is 11.4 Å². The summed E-state index contributed by atoms with van der Waals surface area (Å²) in [4.78, 5) is 12.8. The molecular formula is C13H16N4O2. The van der Waals surface area contributed by atoms with Gasteiger partial charge in [-0.15, -0.1) is 0 Å². The highest BCUT2D eigenvalue weighted by Gasteiger charge is 2.28. The Labute approximate surface area is 111 Å². The van der Waals surface area contributed by atoms with Crippen molar-refractivity contribution in [2.75, 3.05) is 18.0 Å². The summed E-state index contributed by atoms with van der Waals surface area (Å²) < 4.78 is 0. The van der Waals surface area contributed by atoms with Crippen LogP contribution in [-0.2, 0) is 0 Å². The van der Waals surface area contributed by atoms with Gasteiger partial charge in [-0.25, -0.2) is 0 Å². The first-order valence-corrected chi connectivity index (χ1v) is 6.21. The largest absolute Gasteiger partial charge is 0.360 e. The Morgan fingerprint density at radius 1 is 1.53 bits per heavy atom. The molecule has 2 atom stereocenters. The highest BCUT2D eigenvalue weighted by atomic mass is 16.6. The average molecular weight is 260 g/mol. The van der Waals surface area contributed by atoms with Gasteiger partial charge in [0.25, 0.3) is 5.69 Å². The predicted octanol–water partition coefficient (Wildman–Crippen LogP) is 1.65. The van der Waals surface area contributed by atoms with E-state index in [4.69, 9.17) is 5.26 Å². The molecule has 1 heterocycles. The highest BCUT2D eigenvalue weighted by Crippen LogP contribution is 2.31. The number of anilines is 1. The van der Waals surface area contributed by atoms with Crippen LogP contribution in [0.3, 0.4) is 0 Å². The molecule has 1 aromatic carbocycles. The quantitative estimate of drug-likeness (QED) is 0.646. The molecule has 0 aliphatic carbocycles. The fourth-order valence-corrected chi connectivity index (χ4v) is 2.34. The molecule has 2 rings (SSSR count). The molecule has 0 aromatic heterocycles. The lowest BCUT2D eigenvalue weighted by atomic mass is 10.1. The number of hydrogen-bond donors (Lipinski definition) is 1. The standard InChI is InChI=1S/C13H16N4O2/c1-9-8-16(10(2)7-15-9)12-4-3-11(6-14)5-13(12)17(18)19/h3-5,9-10,15H,7-8H2,1-2H3. The SMILES string of the molecule is CC1CN(c2ccc(C#N)cc2[N+](=O)[O-])C(C)CN1. The molecule has 1 aliphatic rings. The number of nitriles is 1. The van der Waals surface area contributed by atoms with Crippen LogP contribution in [-0.4, -0.2) is 30.1 Å². The van der Waals surface area contributed by atoms with Crippen LogP contribution in [0.2, 0.25) is 0 Å². The Balaban J connectivity index is 2.43. The second-order valence-electron chi connectivity index (χ2n) is 4.88. The van der Waals surface area contributed by atoms with E-state index >= 15 is 0 Å². The number of nitro groups is 1. The van der Waals surface area contributed by atoms with E-state index in [1.54, 1.807) is 12.1 Å². The molecule has 0 spiro atoms. The van der Waals surface area contributed by atoms with Crippen molar-refractivity contribution in [1.29, 1.82) is 5.26 Å². The Bertz CT molecular complexity index is 538. The summed E-state index contributed by atoms with van der Waals surface area (Å²) in [5, 5.41) is 23.4. The van der Waals surface area contributed by atoms with Crippen LogP contribution < -0.4 is 10.2 Å². The number of nitrogens with zero attached hydrogens (tertiary/aromatic N) is 3. The van der Waals surface area contributed by atoms with Gasteiger partial charge in [0.2, 0.25) is 0 Å². The van der Waals surface area contributed by atoms with E-state index in [0.29, 0.717) is 17.8 Å². The second kappa shape index (κ2) is 5.24. The average Bonchev–Trinajstić information content (AvgIpc) is 2.40. The summed E-state index contributed by atoms with van der Waals surface area (Å²) >= 11 is 0. The molecule has 0 bridgehead atoms. The molecule has 1 aromatic rings. The van der Waals surface area contributed by atoms with Crippen LogP contribution in [0, 0.1) is 21.4 Å². The molecule has 19 heavy (non-hydrogen) atoms. The fourth-order valence-electron chi connectivity index (χ4n) is 2.34. The lowest BCUT2D eigenvalue weighted by molar-refractivity contribution is -0.384. The van der Waals surface area contributed by atoms with Gasteiger partial charge < -0.3 is 10.2 Å². The van der Waals surface area contributed by atoms with E-state index in [1.807, 2.05) is 24.8 Å². The summed E-state index contributed by atoms with van der Waals surface area (Å²) in [6, 6.07) is 7.04. The minimum atomic E-state index is -0.421. The summed E-state index contributed by atoms with van der Waals surface area (Å²) in [5.74, 6) is 0. The summed E-state index contributed by atoms with van der Waals surface area (Å²) in [7, 11) is 0. The number of benzene rings is 1. The third-order valence-corrected chi connectivity index (χ3v) is 3.37. The topological polar surface area (TPSA) is 82.2 Å². The minimum absolute atomic E-state index is 0. The van der Waals surface area contributed by atoms with Crippen molar-refractivity contribution in [3.05, 3.63) is 33.9 Å². The number of nitrogens with one attached hydrogen (secondary N) is 1. The van der Waals surface area contributed by atoms with Gasteiger partial charge in [-0.3, -0.25) is 10.1 Å². The van der Waals surface area contributed by atoms with Crippen LogP contribution in [0.15, 0.2) is 18.2 Å². The number of nitro benzene ring substituents is 1. The van der Waals surface area contributed by atoms with Gasteiger partial charge in [0, 0.05) is 31.2 Å². The third-order valence-electron chi connectivity index (χ3n) is 3.37. The van der Waals surface area contributed by atoms with Crippen molar-refractivity contribution in [2.24, 2.45) is 0 Å². The maximum Gasteiger partial charge on any atom is 0.293 e. The van der Waals surface area contributed by atoms with E-state index < -0.39 is 4.92 Å². The molecule has 100 valence electrons. The van der Waals surface area contributed by atoms with Crippen LogP contribution in [0.5, 0.6) is 0 Å². The Morgan fingerprint density at radius 3 is 2.89 bits per heavy atom. The zero-order valence-electron chi connectivity index (χ0n) is 11.0. The normalized spacial score (nSPS) is 22.9. The van der Waals surface area contributed by atoms with Crippen LogP contribution in [0.1, 0.15) is 19.4 Å². The number of hydrogen-bond acceptors (Lipinski definition) is 5. The van der Waals surface area contributed by atoms with Gasteiger partial charge >= 0.3 is 0 Å². The van der Waals surface area contributed by atoms with E-state index in [9.17, 15) is 10.1 Å². The first kappa shape index (κ1) is 13.3. The molecule has 0 saturated carbocycles. The van der Waals surface area contributed by atoms with Crippen molar-refractivity contribution in [3.8, 4) is 6.07 Å². The number of rotatable bonds is 2. The highest BCUT2D eigenvalue weighted by molar-refractivity contribution is 5.66. The summed E-state index contributed by atoms with van der Waals surface area (Å²) in [5.41, 5.74) is 0.899. The molecule has 6 nitrogen and oxygen atoms in total. The first-order valence-electron chi connectivity index (χ1n) is 6.21. The van der Waals surface area contributed by atoms with Crippen molar-refractivity contribution < 1.29 is 4.92 Å². The van der Waals surface area contributed by atoms with E-state index in [-0.39, 0.29) is 17.8 Å².